The highest BCUT2D eigenvalue weighted by atomic mass is 16.6. The summed E-state index contributed by atoms with van der Waals surface area (Å²) in [5.41, 5.74) is 0. The van der Waals surface area contributed by atoms with Gasteiger partial charge in [0.25, 0.3) is 0 Å². The lowest BCUT2D eigenvalue weighted by Crippen LogP contribution is -2.05. The molecule has 0 unspecified atom stereocenters. The van der Waals surface area contributed by atoms with E-state index in [-0.39, 0.29) is 17.2 Å². The van der Waals surface area contributed by atoms with Crippen LogP contribution in [-0.4, -0.2) is 43.8 Å². The Morgan fingerprint density at radius 2 is 1.18 bits per heavy atom. The van der Waals surface area contributed by atoms with Crippen LogP contribution < -0.4 is 23.7 Å². The molecule has 0 saturated carbocycles. The van der Waals surface area contributed by atoms with E-state index in [1.54, 1.807) is 31.4 Å². The zero-order valence-corrected chi connectivity index (χ0v) is 17.2. The van der Waals surface area contributed by atoms with Gasteiger partial charge in [-0.2, -0.15) is 0 Å². The van der Waals surface area contributed by atoms with E-state index in [0.29, 0.717) is 43.7 Å². The molecule has 156 valence electrons. The van der Waals surface area contributed by atoms with Crippen molar-refractivity contribution < 1.29 is 33.9 Å². The molecule has 0 spiro atoms. The fraction of sp³-hybridized carbons (Fsp3) is 0.429. The fourth-order valence-corrected chi connectivity index (χ4v) is 2.27. The number of phenols is 2. The van der Waals surface area contributed by atoms with Crippen molar-refractivity contribution in [3.8, 4) is 40.2 Å². The van der Waals surface area contributed by atoms with Crippen LogP contribution in [0.2, 0.25) is 0 Å². The van der Waals surface area contributed by atoms with Gasteiger partial charge in [0, 0.05) is 6.07 Å². The molecule has 0 heterocycles. The summed E-state index contributed by atoms with van der Waals surface area (Å²) < 4.78 is 26.9. The maximum absolute atomic E-state index is 10.0. The molecule has 0 radical (unpaired) electrons. The molecule has 0 atom stereocenters. The van der Waals surface area contributed by atoms with Crippen molar-refractivity contribution in [3.63, 3.8) is 0 Å². The molecule has 0 aromatic heterocycles. The molecule has 7 nitrogen and oxygen atoms in total. The molecule has 0 aliphatic heterocycles. The highest BCUT2D eigenvalue weighted by molar-refractivity contribution is 5.65. The summed E-state index contributed by atoms with van der Waals surface area (Å²) in [4.78, 5) is 0. The van der Waals surface area contributed by atoms with Crippen molar-refractivity contribution in [1.82, 2.24) is 0 Å². The third-order valence-electron chi connectivity index (χ3n) is 3.37. The Labute approximate surface area is 166 Å². The first-order chi connectivity index (χ1) is 13.5. The van der Waals surface area contributed by atoms with Gasteiger partial charge in [-0.05, 0) is 52.0 Å². The number of methoxy groups -OCH3 is 1. The molecule has 0 saturated heterocycles. The van der Waals surface area contributed by atoms with Crippen molar-refractivity contribution >= 4 is 0 Å². The minimum Gasteiger partial charge on any atom is -0.508 e. The minimum absolute atomic E-state index is 0.0165. The molecule has 2 N–H and O–H groups in total. The average molecular weight is 394 g/mol. The summed E-state index contributed by atoms with van der Waals surface area (Å²) in [5, 5.41) is 18.8. The van der Waals surface area contributed by atoms with Gasteiger partial charge < -0.3 is 33.9 Å². The number of ether oxygens (including phenoxy) is 5. The van der Waals surface area contributed by atoms with Crippen molar-refractivity contribution in [1.29, 1.82) is 0 Å². The van der Waals surface area contributed by atoms with Gasteiger partial charge in [0.2, 0.25) is 17.2 Å². The van der Waals surface area contributed by atoms with Gasteiger partial charge in [0.05, 0.1) is 33.5 Å². The summed E-state index contributed by atoms with van der Waals surface area (Å²) in [6, 6.07) is 8.06. The van der Waals surface area contributed by atoms with Crippen molar-refractivity contribution in [2.24, 2.45) is 0 Å². The maximum atomic E-state index is 10.0. The van der Waals surface area contributed by atoms with Gasteiger partial charge in [-0.1, -0.05) is 0 Å². The summed E-state index contributed by atoms with van der Waals surface area (Å²) >= 11 is 0. The fourth-order valence-electron chi connectivity index (χ4n) is 2.27. The Bertz CT molecular complexity index is 699. The number of rotatable bonds is 9. The highest BCUT2D eigenvalue weighted by Crippen LogP contribution is 2.50. The van der Waals surface area contributed by atoms with Crippen LogP contribution in [0.4, 0.5) is 0 Å². The zero-order chi connectivity index (χ0) is 20.9. The Hall–Kier alpha value is -2.96. The van der Waals surface area contributed by atoms with Crippen molar-refractivity contribution in [2.45, 2.75) is 27.7 Å². The van der Waals surface area contributed by atoms with Crippen molar-refractivity contribution in [3.05, 3.63) is 30.3 Å². The molecule has 28 heavy (non-hydrogen) atoms. The predicted octanol–water partition coefficient (Wildman–Crippen LogP) is 4.39. The zero-order valence-electron chi connectivity index (χ0n) is 17.2. The Morgan fingerprint density at radius 1 is 0.679 bits per heavy atom. The first-order valence-corrected chi connectivity index (χ1v) is 9.26. The van der Waals surface area contributed by atoms with Crippen LogP contribution in [0, 0.1) is 0 Å². The second-order valence-corrected chi connectivity index (χ2v) is 5.31. The summed E-state index contributed by atoms with van der Waals surface area (Å²) in [6.07, 6.45) is 0. The smallest absolute Gasteiger partial charge is 0.211 e. The SMILES string of the molecule is CCOc1cc(O)c(OCC)c(OCC)c1OCC.COc1ccc(O)cc1. The van der Waals surface area contributed by atoms with E-state index in [9.17, 15) is 5.11 Å². The largest absolute Gasteiger partial charge is 0.508 e. The molecular formula is C21H30O7. The number of phenolic OH excluding ortho intramolecular Hbond substituents is 2. The van der Waals surface area contributed by atoms with Crippen LogP contribution in [0.15, 0.2) is 30.3 Å². The van der Waals surface area contributed by atoms with Crippen LogP contribution in [-0.2, 0) is 0 Å². The minimum atomic E-state index is -0.0165. The quantitative estimate of drug-likeness (QED) is 0.652. The van der Waals surface area contributed by atoms with Gasteiger partial charge in [0.1, 0.15) is 11.5 Å². The number of benzene rings is 2. The van der Waals surface area contributed by atoms with Crippen molar-refractivity contribution in [2.75, 3.05) is 33.5 Å². The normalized spacial score (nSPS) is 9.75. The van der Waals surface area contributed by atoms with Gasteiger partial charge in [-0.25, -0.2) is 0 Å². The topological polar surface area (TPSA) is 86.6 Å². The molecule has 2 rings (SSSR count). The van der Waals surface area contributed by atoms with Crippen LogP contribution in [0.5, 0.6) is 40.2 Å². The third-order valence-corrected chi connectivity index (χ3v) is 3.37. The van der Waals surface area contributed by atoms with Gasteiger partial charge in [-0.15, -0.1) is 0 Å². The van der Waals surface area contributed by atoms with E-state index >= 15 is 0 Å². The lowest BCUT2D eigenvalue weighted by molar-refractivity contribution is 0.237. The average Bonchev–Trinajstić information content (AvgIpc) is 2.69. The van der Waals surface area contributed by atoms with E-state index in [1.807, 2.05) is 27.7 Å². The van der Waals surface area contributed by atoms with Crippen LogP contribution in [0.25, 0.3) is 0 Å². The molecule has 2 aromatic carbocycles. The third kappa shape index (κ3) is 6.64. The van der Waals surface area contributed by atoms with Gasteiger partial charge in [0.15, 0.2) is 11.5 Å². The molecule has 0 fully saturated rings. The van der Waals surface area contributed by atoms with Crippen LogP contribution in [0.1, 0.15) is 27.7 Å². The maximum Gasteiger partial charge on any atom is 0.211 e. The van der Waals surface area contributed by atoms with E-state index in [0.717, 1.165) is 5.75 Å². The van der Waals surface area contributed by atoms with Crippen LogP contribution >= 0.6 is 0 Å². The number of hydrogen-bond acceptors (Lipinski definition) is 7. The summed E-state index contributed by atoms with van der Waals surface area (Å²) in [6.45, 7) is 9.24. The summed E-state index contributed by atoms with van der Waals surface area (Å²) in [5.74, 6) is 2.59. The van der Waals surface area contributed by atoms with Gasteiger partial charge >= 0.3 is 0 Å². The summed E-state index contributed by atoms with van der Waals surface area (Å²) in [7, 11) is 1.59. The predicted molar refractivity (Wildman–Crippen MR) is 107 cm³/mol. The number of aromatic hydroxyl groups is 2. The lowest BCUT2D eigenvalue weighted by atomic mass is 10.2. The standard InChI is InChI=1S/C14H22O5.C7H8O2/c1-5-16-11-9-10(15)12(17-6-2)14(19-8-4)13(11)18-7-3;1-9-7-4-2-6(8)3-5-7/h9,15H,5-8H2,1-4H3;2-5,8H,1H3. The second kappa shape index (κ2) is 12.4. The molecule has 7 heteroatoms. The van der Waals surface area contributed by atoms with E-state index in [4.69, 9.17) is 28.8 Å². The second-order valence-electron chi connectivity index (χ2n) is 5.31. The Kier molecular flexibility index (Phi) is 10.2. The Morgan fingerprint density at radius 3 is 1.68 bits per heavy atom. The van der Waals surface area contributed by atoms with Crippen LogP contribution in [0.3, 0.4) is 0 Å². The lowest BCUT2D eigenvalue weighted by Gasteiger charge is -2.19. The monoisotopic (exact) mass is 394 g/mol. The molecule has 0 aliphatic rings. The first kappa shape index (κ1) is 23.1. The highest BCUT2D eigenvalue weighted by Gasteiger charge is 2.22. The Balaban J connectivity index is 0.000000362. The molecule has 0 bridgehead atoms. The molecule has 0 aliphatic carbocycles. The van der Waals surface area contributed by atoms with E-state index < -0.39 is 0 Å². The van der Waals surface area contributed by atoms with E-state index in [2.05, 4.69) is 0 Å². The van der Waals surface area contributed by atoms with Gasteiger partial charge in [-0.3, -0.25) is 0 Å². The first-order valence-electron chi connectivity index (χ1n) is 9.26. The molecular weight excluding hydrogens is 364 g/mol. The molecule has 0 amide bonds. The number of hydrogen-bond donors (Lipinski definition) is 2. The van der Waals surface area contributed by atoms with E-state index in [1.165, 1.54) is 6.07 Å². The molecule has 2 aromatic rings.